The van der Waals surface area contributed by atoms with E-state index in [2.05, 4.69) is 15.1 Å². The highest BCUT2D eigenvalue weighted by Gasteiger charge is 2.28. The van der Waals surface area contributed by atoms with Gasteiger partial charge in [-0.05, 0) is 26.7 Å². The number of nitro groups is 1. The fourth-order valence-corrected chi connectivity index (χ4v) is 3.54. The molecule has 11 nitrogen and oxygen atoms in total. The fourth-order valence-electron chi connectivity index (χ4n) is 3.54. The number of hydrogen-bond acceptors (Lipinski definition) is 7. The Morgan fingerprint density at radius 2 is 1.90 bits per heavy atom. The summed E-state index contributed by atoms with van der Waals surface area (Å²) in [6, 6.07) is 15.3. The van der Waals surface area contributed by atoms with Crippen LogP contribution in [0, 0.1) is 10.1 Å². The Labute approximate surface area is 172 Å². The van der Waals surface area contributed by atoms with Gasteiger partial charge in [0.2, 0.25) is 5.52 Å². The van der Waals surface area contributed by atoms with Gasteiger partial charge in [-0.2, -0.15) is 0 Å². The predicted octanol–water partition coefficient (Wildman–Crippen LogP) is 2.19. The first-order valence-corrected chi connectivity index (χ1v) is 9.21. The molecule has 0 radical (unpaired) electrons. The minimum Gasteiger partial charge on any atom is -0.390 e. The Bertz CT molecular complexity index is 1610. The van der Waals surface area contributed by atoms with Crippen molar-refractivity contribution >= 4 is 27.9 Å². The number of aromatic nitrogens is 5. The SMILES string of the molecule is Cn1c(=O)[nH]c(=O)c2c1nc([N+](=O)[O-])n2Cc1cc(-c2ccc3ccccc3c2)on1. The number of nitrogens with one attached hydrogen (secondary N) is 1. The molecular formula is C20H14N6O5. The van der Waals surface area contributed by atoms with Gasteiger partial charge >= 0.3 is 11.6 Å². The van der Waals surface area contributed by atoms with Crippen molar-refractivity contribution in [1.82, 2.24) is 24.3 Å². The maximum Gasteiger partial charge on any atom is 0.437 e. The van der Waals surface area contributed by atoms with Crippen LogP contribution in [0.15, 0.2) is 62.6 Å². The van der Waals surface area contributed by atoms with Crippen LogP contribution >= 0.6 is 0 Å². The van der Waals surface area contributed by atoms with E-state index in [9.17, 15) is 19.7 Å². The van der Waals surface area contributed by atoms with Crippen LogP contribution in [0.1, 0.15) is 5.69 Å². The summed E-state index contributed by atoms with van der Waals surface area (Å²) in [4.78, 5) is 41.0. The van der Waals surface area contributed by atoms with Crippen LogP contribution < -0.4 is 11.2 Å². The van der Waals surface area contributed by atoms with Crippen LogP contribution in [0.2, 0.25) is 0 Å². The van der Waals surface area contributed by atoms with E-state index in [-0.39, 0.29) is 17.7 Å². The first-order chi connectivity index (χ1) is 14.9. The van der Waals surface area contributed by atoms with Gasteiger partial charge in [-0.25, -0.2) is 9.36 Å². The van der Waals surface area contributed by atoms with Crippen LogP contribution in [0.5, 0.6) is 0 Å². The van der Waals surface area contributed by atoms with Gasteiger partial charge in [0.1, 0.15) is 12.2 Å². The molecule has 0 saturated carbocycles. The third-order valence-electron chi connectivity index (χ3n) is 5.06. The summed E-state index contributed by atoms with van der Waals surface area (Å²) in [7, 11) is 1.37. The number of nitrogens with zero attached hydrogens (tertiary/aromatic N) is 5. The quantitative estimate of drug-likeness (QED) is 0.348. The smallest absolute Gasteiger partial charge is 0.390 e. The van der Waals surface area contributed by atoms with E-state index in [0.29, 0.717) is 11.5 Å². The zero-order valence-electron chi connectivity index (χ0n) is 16.1. The standard InChI is InChI=1S/C20H14N6O5/c1-24-17-16(18(27)22-20(24)28)25(19(21-17)26(29)30)10-14-9-15(31-23-14)13-7-6-11-4-2-3-5-12(11)8-13/h2-9H,10H2,1H3,(H,22,27,28). The van der Waals surface area contributed by atoms with Crippen molar-refractivity contribution in [2.45, 2.75) is 6.54 Å². The number of rotatable bonds is 4. The molecule has 5 rings (SSSR count). The molecule has 0 saturated heterocycles. The van der Waals surface area contributed by atoms with Crippen molar-refractivity contribution in [3.8, 4) is 11.3 Å². The van der Waals surface area contributed by atoms with Gasteiger partial charge in [-0.3, -0.25) is 14.3 Å². The molecule has 2 aromatic carbocycles. The Morgan fingerprint density at radius 1 is 1.13 bits per heavy atom. The zero-order chi connectivity index (χ0) is 21.7. The van der Waals surface area contributed by atoms with Gasteiger partial charge in [0, 0.05) is 18.7 Å². The second-order valence-electron chi connectivity index (χ2n) is 6.99. The van der Waals surface area contributed by atoms with E-state index in [1.165, 1.54) is 7.05 Å². The summed E-state index contributed by atoms with van der Waals surface area (Å²) in [5.41, 5.74) is -0.502. The summed E-state index contributed by atoms with van der Waals surface area (Å²) >= 11 is 0. The van der Waals surface area contributed by atoms with Crippen LogP contribution in [-0.4, -0.2) is 29.2 Å². The molecule has 0 atom stereocenters. The largest absolute Gasteiger partial charge is 0.437 e. The van der Waals surface area contributed by atoms with Crippen LogP contribution in [0.3, 0.4) is 0 Å². The number of fused-ring (bicyclic) bond motifs is 2. The molecule has 0 aliphatic carbocycles. The Hall–Kier alpha value is -4.54. The van der Waals surface area contributed by atoms with Gasteiger partial charge in [0.15, 0.2) is 5.76 Å². The fraction of sp³-hybridized carbons (Fsp3) is 0.100. The minimum absolute atomic E-state index is 0.0845. The summed E-state index contributed by atoms with van der Waals surface area (Å²) in [6.07, 6.45) is 0. The van der Waals surface area contributed by atoms with Gasteiger partial charge < -0.3 is 14.6 Å². The number of aryl methyl sites for hydroxylation is 1. The highest BCUT2D eigenvalue weighted by Crippen LogP contribution is 2.26. The lowest BCUT2D eigenvalue weighted by Gasteiger charge is -2.00. The van der Waals surface area contributed by atoms with Crippen LogP contribution in [-0.2, 0) is 13.6 Å². The van der Waals surface area contributed by atoms with Crippen molar-refractivity contribution in [3.05, 3.63) is 85.2 Å². The molecule has 31 heavy (non-hydrogen) atoms. The minimum atomic E-state index is -0.767. The van der Waals surface area contributed by atoms with Gasteiger partial charge in [-0.1, -0.05) is 41.6 Å². The van der Waals surface area contributed by atoms with Crippen molar-refractivity contribution in [3.63, 3.8) is 0 Å². The van der Waals surface area contributed by atoms with E-state index < -0.39 is 22.1 Å². The molecule has 0 amide bonds. The van der Waals surface area contributed by atoms with Gasteiger partial charge in [0.25, 0.3) is 11.2 Å². The monoisotopic (exact) mass is 418 g/mol. The summed E-state index contributed by atoms with van der Waals surface area (Å²) < 4.78 is 7.59. The van der Waals surface area contributed by atoms with Crippen molar-refractivity contribution in [2.24, 2.45) is 7.05 Å². The Kier molecular flexibility index (Phi) is 4.03. The summed E-state index contributed by atoms with van der Waals surface area (Å²) in [5.74, 6) is -0.0916. The maximum atomic E-state index is 12.4. The first-order valence-electron chi connectivity index (χ1n) is 9.21. The number of imidazole rings is 1. The topological polar surface area (TPSA) is 142 Å². The number of H-pyrrole nitrogens is 1. The molecule has 0 fully saturated rings. The highest BCUT2D eigenvalue weighted by molar-refractivity contribution is 5.86. The molecule has 5 aromatic rings. The molecule has 0 spiro atoms. The lowest BCUT2D eigenvalue weighted by Crippen LogP contribution is -2.29. The normalized spacial score (nSPS) is 11.4. The van der Waals surface area contributed by atoms with Crippen molar-refractivity contribution < 1.29 is 9.45 Å². The lowest BCUT2D eigenvalue weighted by molar-refractivity contribution is -0.396. The Balaban J connectivity index is 1.59. The molecule has 0 bridgehead atoms. The molecular weight excluding hydrogens is 404 g/mol. The molecule has 1 N–H and O–H groups in total. The lowest BCUT2D eigenvalue weighted by atomic mass is 10.1. The van der Waals surface area contributed by atoms with E-state index in [4.69, 9.17) is 4.52 Å². The number of aromatic amines is 1. The Morgan fingerprint density at radius 3 is 2.68 bits per heavy atom. The predicted molar refractivity (Wildman–Crippen MR) is 111 cm³/mol. The highest BCUT2D eigenvalue weighted by atomic mass is 16.6. The molecule has 0 unspecified atom stereocenters. The molecule has 0 aliphatic rings. The zero-order valence-corrected chi connectivity index (χ0v) is 16.1. The van der Waals surface area contributed by atoms with Crippen molar-refractivity contribution in [2.75, 3.05) is 0 Å². The van der Waals surface area contributed by atoms with E-state index in [1.54, 1.807) is 6.07 Å². The molecule has 11 heteroatoms. The number of hydrogen-bond donors (Lipinski definition) is 1. The second-order valence-corrected chi connectivity index (χ2v) is 6.99. The third-order valence-corrected chi connectivity index (χ3v) is 5.06. The molecule has 0 aliphatic heterocycles. The number of benzene rings is 2. The van der Waals surface area contributed by atoms with Crippen LogP contribution in [0.4, 0.5) is 5.95 Å². The van der Waals surface area contributed by atoms with Gasteiger partial charge in [0.05, 0.1) is 0 Å². The third kappa shape index (κ3) is 2.99. The van der Waals surface area contributed by atoms with E-state index >= 15 is 0 Å². The first kappa shape index (κ1) is 18.5. The molecule has 3 heterocycles. The average Bonchev–Trinajstić information content (AvgIpc) is 3.37. The second kappa shape index (κ2) is 6.76. The van der Waals surface area contributed by atoms with Crippen molar-refractivity contribution in [1.29, 1.82) is 0 Å². The van der Waals surface area contributed by atoms with Gasteiger partial charge in [-0.15, -0.1) is 0 Å². The van der Waals surface area contributed by atoms with E-state index in [1.807, 2.05) is 42.5 Å². The van der Waals surface area contributed by atoms with Crippen LogP contribution in [0.25, 0.3) is 33.3 Å². The molecule has 154 valence electrons. The maximum absolute atomic E-state index is 12.4. The average molecular weight is 418 g/mol. The van der Waals surface area contributed by atoms with E-state index in [0.717, 1.165) is 25.5 Å². The summed E-state index contributed by atoms with van der Waals surface area (Å²) in [6.45, 7) is -0.134. The summed E-state index contributed by atoms with van der Waals surface area (Å²) in [5, 5.41) is 17.6. The molecule has 3 aromatic heterocycles.